The van der Waals surface area contributed by atoms with Gasteiger partial charge in [0.25, 0.3) is 0 Å². The Morgan fingerprint density at radius 3 is 2.68 bits per heavy atom. The molecule has 7 nitrogen and oxygen atoms in total. The lowest BCUT2D eigenvalue weighted by Crippen LogP contribution is -1.96. The van der Waals surface area contributed by atoms with Crippen LogP contribution in [0.25, 0.3) is 11.0 Å². The van der Waals surface area contributed by atoms with Gasteiger partial charge in [-0.05, 0) is 55.7 Å². The largest absolute Gasteiger partial charge is 0.497 e. The number of hydrogen-bond acceptors (Lipinski definition) is 8. The van der Waals surface area contributed by atoms with E-state index in [9.17, 15) is 0 Å². The highest BCUT2D eigenvalue weighted by Gasteiger charge is 2.21. The van der Waals surface area contributed by atoms with E-state index in [0.29, 0.717) is 5.92 Å². The molecule has 1 aromatic carbocycles. The van der Waals surface area contributed by atoms with Crippen LogP contribution in [0.4, 0.5) is 22.3 Å². The van der Waals surface area contributed by atoms with Crippen LogP contribution in [-0.2, 0) is 0 Å². The number of methoxy groups -OCH3 is 1. The SMILES string of the molecule is COc1cc(C)cc(Nc2cnc3ccc(Nc4nnc(C5CCCC5)s4)nc3c2)c1. The summed E-state index contributed by atoms with van der Waals surface area (Å²) < 4.78 is 5.36. The Balaban J connectivity index is 1.36. The molecule has 0 radical (unpaired) electrons. The number of aromatic nitrogens is 4. The van der Waals surface area contributed by atoms with E-state index in [4.69, 9.17) is 9.72 Å². The van der Waals surface area contributed by atoms with E-state index in [0.717, 1.165) is 49.7 Å². The van der Waals surface area contributed by atoms with Gasteiger partial charge < -0.3 is 15.4 Å². The van der Waals surface area contributed by atoms with Crippen LogP contribution in [0.3, 0.4) is 0 Å². The summed E-state index contributed by atoms with van der Waals surface area (Å²) in [6, 6.07) is 11.9. The van der Waals surface area contributed by atoms with E-state index in [2.05, 4.69) is 31.9 Å². The molecule has 3 heterocycles. The van der Waals surface area contributed by atoms with Crippen LogP contribution < -0.4 is 15.4 Å². The van der Waals surface area contributed by atoms with Gasteiger partial charge in [-0.1, -0.05) is 24.2 Å². The van der Waals surface area contributed by atoms with Crippen molar-refractivity contribution in [1.82, 2.24) is 20.2 Å². The molecule has 0 bridgehead atoms. The third kappa shape index (κ3) is 4.44. The van der Waals surface area contributed by atoms with Crippen LogP contribution in [0.15, 0.2) is 42.6 Å². The number of fused-ring (bicyclic) bond motifs is 1. The minimum atomic E-state index is 0.565. The molecule has 1 aliphatic rings. The summed E-state index contributed by atoms with van der Waals surface area (Å²) >= 11 is 1.63. The second-order valence-corrected chi connectivity index (χ2v) is 8.88. The Labute approximate surface area is 184 Å². The average Bonchev–Trinajstić information content (AvgIpc) is 3.45. The maximum Gasteiger partial charge on any atom is 0.211 e. The third-order valence-corrected chi connectivity index (χ3v) is 6.49. The van der Waals surface area contributed by atoms with Gasteiger partial charge in [0, 0.05) is 17.7 Å². The van der Waals surface area contributed by atoms with Gasteiger partial charge >= 0.3 is 0 Å². The highest BCUT2D eigenvalue weighted by Crippen LogP contribution is 2.37. The van der Waals surface area contributed by atoms with Gasteiger partial charge in [0.1, 0.15) is 16.6 Å². The molecule has 1 aliphatic carbocycles. The molecule has 0 spiro atoms. The molecular weight excluding hydrogens is 408 g/mol. The predicted octanol–water partition coefficient (Wildman–Crippen LogP) is 5.94. The van der Waals surface area contributed by atoms with Gasteiger partial charge in [-0.15, -0.1) is 10.2 Å². The third-order valence-electron chi connectivity index (χ3n) is 5.49. The van der Waals surface area contributed by atoms with E-state index in [1.165, 1.54) is 25.7 Å². The van der Waals surface area contributed by atoms with E-state index in [-0.39, 0.29) is 0 Å². The maximum atomic E-state index is 5.36. The zero-order chi connectivity index (χ0) is 21.2. The van der Waals surface area contributed by atoms with Crippen molar-refractivity contribution in [1.29, 1.82) is 0 Å². The van der Waals surface area contributed by atoms with Crippen LogP contribution in [0.1, 0.15) is 42.2 Å². The summed E-state index contributed by atoms with van der Waals surface area (Å²) in [6.45, 7) is 2.04. The van der Waals surface area contributed by atoms with E-state index >= 15 is 0 Å². The monoisotopic (exact) mass is 432 g/mol. The smallest absolute Gasteiger partial charge is 0.211 e. The predicted molar refractivity (Wildman–Crippen MR) is 125 cm³/mol. The lowest BCUT2D eigenvalue weighted by atomic mass is 10.1. The van der Waals surface area contributed by atoms with Crippen LogP contribution >= 0.6 is 11.3 Å². The van der Waals surface area contributed by atoms with Crippen LogP contribution in [-0.4, -0.2) is 27.3 Å². The molecule has 3 aromatic heterocycles. The van der Waals surface area contributed by atoms with Crippen molar-refractivity contribution >= 4 is 44.7 Å². The summed E-state index contributed by atoms with van der Waals surface area (Å²) in [5, 5.41) is 17.3. The summed E-state index contributed by atoms with van der Waals surface area (Å²) in [5.41, 5.74) is 4.57. The fourth-order valence-electron chi connectivity index (χ4n) is 3.98. The van der Waals surface area contributed by atoms with Crippen molar-refractivity contribution in [3.05, 3.63) is 53.2 Å². The highest BCUT2D eigenvalue weighted by atomic mass is 32.1. The first kappa shape index (κ1) is 19.7. The van der Waals surface area contributed by atoms with Crippen LogP contribution in [0.5, 0.6) is 5.75 Å². The van der Waals surface area contributed by atoms with Gasteiger partial charge in [-0.2, -0.15) is 0 Å². The second-order valence-electron chi connectivity index (χ2n) is 7.87. The lowest BCUT2D eigenvalue weighted by molar-refractivity contribution is 0.414. The number of nitrogens with one attached hydrogen (secondary N) is 2. The number of anilines is 4. The Bertz CT molecular complexity index is 1220. The van der Waals surface area contributed by atoms with Crippen LogP contribution in [0, 0.1) is 6.92 Å². The summed E-state index contributed by atoms with van der Waals surface area (Å²) in [6.07, 6.45) is 6.83. The molecular formula is C23H24N6OS. The Hall–Kier alpha value is -3.26. The molecule has 0 amide bonds. The first-order valence-corrected chi connectivity index (χ1v) is 11.3. The summed E-state index contributed by atoms with van der Waals surface area (Å²) in [5.74, 6) is 2.11. The zero-order valence-corrected chi connectivity index (χ0v) is 18.4. The quantitative estimate of drug-likeness (QED) is 0.390. The number of ether oxygens (including phenoxy) is 1. The van der Waals surface area contributed by atoms with Crippen molar-refractivity contribution in [2.75, 3.05) is 17.7 Å². The first-order valence-electron chi connectivity index (χ1n) is 10.5. The van der Waals surface area contributed by atoms with Gasteiger partial charge in [-0.25, -0.2) is 4.98 Å². The molecule has 5 rings (SSSR count). The minimum absolute atomic E-state index is 0.565. The van der Waals surface area contributed by atoms with E-state index < -0.39 is 0 Å². The normalized spacial score (nSPS) is 14.1. The van der Waals surface area contributed by atoms with Gasteiger partial charge in [0.15, 0.2) is 0 Å². The number of rotatable bonds is 6. The molecule has 0 saturated heterocycles. The molecule has 2 N–H and O–H groups in total. The van der Waals surface area contributed by atoms with E-state index in [1.807, 2.05) is 43.5 Å². The Morgan fingerprint density at radius 2 is 1.84 bits per heavy atom. The fourth-order valence-corrected chi connectivity index (χ4v) is 4.90. The molecule has 0 aliphatic heterocycles. The van der Waals surface area contributed by atoms with Crippen molar-refractivity contribution in [3.8, 4) is 5.75 Å². The van der Waals surface area contributed by atoms with Crippen molar-refractivity contribution < 1.29 is 4.74 Å². The fraction of sp³-hybridized carbons (Fsp3) is 0.304. The number of aryl methyl sites for hydroxylation is 1. The number of benzene rings is 1. The zero-order valence-electron chi connectivity index (χ0n) is 17.6. The van der Waals surface area contributed by atoms with Crippen molar-refractivity contribution in [3.63, 3.8) is 0 Å². The number of hydrogen-bond donors (Lipinski definition) is 2. The molecule has 1 saturated carbocycles. The lowest BCUT2D eigenvalue weighted by Gasteiger charge is -2.10. The van der Waals surface area contributed by atoms with Gasteiger partial charge in [-0.3, -0.25) is 4.98 Å². The van der Waals surface area contributed by atoms with Crippen molar-refractivity contribution in [2.45, 2.75) is 38.5 Å². The standard InChI is InChI=1S/C23H24N6OS/c1-14-9-16(11-18(10-14)30-2)25-17-12-20-19(24-13-17)7-8-21(26-20)27-23-29-28-22(31-23)15-5-3-4-6-15/h7-13,15,25H,3-6H2,1-2H3,(H,26,27,29). The molecule has 31 heavy (non-hydrogen) atoms. The van der Waals surface area contributed by atoms with Crippen LogP contribution in [0.2, 0.25) is 0 Å². The molecule has 8 heteroatoms. The highest BCUT2D eigenvalue weighted by molar-refractivity contribution is 7.15. The first-order chi connectivity index (χ1) is 15.2. The Kier molecular flexibility index (Phi) is 5.38. The topological polar surface area (TPSA) is 84.9 Å². The molecule has 158 valence electrons. The second kappa shape index (κ2) is 8.47. The molecule has 0 unspecified atom stereocenters. The molecule has 4 aromatic rings. The van der Waals surface area contributed by atoms with Gasteiger partial charge in [0.05, 0.1) is 30.0 Å². The minimum Gasteiger partial charge on any atom is -0.497 e. The van der Waals surface area contributed by atoms with Crippen molar-refractivity contribution in [2.24, 2.45) is 0 Å². The summed E-state index contributed by atoms with van der Waals surface area (Å²) in [7, 11) is 1.67. The average molecular weight is 433 g/mol. The summed E-state index contributed by atoms with van der Waals surface area (Å²) in [4.78, 5) is 9.27. The Morgan fingerprint density at radius 1 is 0.968 bits per heavy atom. The van der Waals surface area contributed by atoms with E-state index in [1.54, 1.807) is 18.4 Å². The number of pyridine rings is 2. The maximum absolute atomic E-state index is 5.36. The van der Waals surface area contributed by atoms with Gasteiger partial charge in [0.2, 0.25) is 5.13 Å². The molecule has 1 fully saturated rings. The molecule has 0 atom stereocenters. The number of nitrogens with zero attached hydrogens (tertiary/aromatic N) is 4.